The summed E-state index contributed by atoms with van der Waals surface area (Å²) in [5.41, 5.74) is 3.13. The fraction of sp³-hybridized carbons (Fsp3) is 0.476. The predicted molar refractivity (Wildman–Crippen MR) is 92.7 cm³/mol. The Morgan fingerprint density at radius 2 is 1.62 bits per heavy atom. The molecule has 2 aromatic rings. The summed E-state index contributed by atoms with van der Waals surface area (Å²) in [7, 11) is 0. The third-order valence-corrected chi connectivity index (χ3v) is 5.04. The lowest BCUT2D eigenvalue weighted by atomic mass is 9.81. The first-order valence-electron chi connectivity index (χ1n) is 8.70. The van der Waals surface area contributed by atoms with Crippen molar-refractivity contribution in [2.75, 3.05) is 0 Å². The SMILES string of the molecule is [CH2]CCCCc1ccc(C2CCCCC2)c2ccccc12. The van der Waals surface area contributed by atoms with Crippen LogP contribution in [0.15, 0.2) is 36.4 Å². The van der Waals surface area contributed by atoms with Crippen LogP contribution in [0.4, 0.5) is 0 Å². The number of fused-ring (bicyclic) bond motifs is 1. The van der Waals surface area contributed by atoms with Crippen LogP contribution in [0.2, 0.25) is 0 Å². The molecule has 2 aromatic carbocycles. The Morgan fingerprint density at radius 1 is 0.857 bits per heavy atom. The molecule has 0 atom stereocenters. The molecule has 0 amide bonds. The Kier molecular flexibility index (Phi) is 4.95. The van der Waals surface area contributed by atoms with E-state index in [0.29, 0.717) is 0 Å². The minimum Gasteiger partial charge on any atom is -0.0616 e. The van der Waals surface area contributed by atoms with Crippen LogP contribution >= 0.6 is 0 Å². The maximum Gasteiger partial charge on any atom is -0.0146 e. The molecule has 0 heteroatoms. The van der Waals surface area contributed by atoms with Gasteiger partial charge in [-0.3, -0.25) is 0 Å². The summed E-state index contributed by atoms with van der Waals surface area (Å²) in [4.78, 5) is 0. The average Bonchev–Trinajstić information content (AvgIpc) is 2.56. The van der Waals surface area contributed by atoms with Crippen LogP contribution in [-0.2, 0) is 6.42 Å². The smallest absolute Gasteiger partial charge is 0.0146 e. The van der Waals surface area contributed by atoms with E-state index in [2.05, 4.69) is 43.3 Å². The molecule has 0 N–H and O–H groups in total. The molecule has 1 fully saturated rings. The van der Waals surface area contributed by atoms with Gasteiger partial charge in [0.05, 0.1) is 0 Å². The number of aryl methyl sites for hydroxylation is 1. The largest absolute Gasteiger partial charge is 0.0616 e. The highest BCUT2D eigenvalue weighted by Gasteiger charge is 2.18. The van der Waals surface area contributed by atoms with Crippen molar-refractivity contribution in [1.29, 1.82) is 0 Å². The molecule has 0 nitrogen and oxygen atoms in total. The topological polar surface area (TPSA) is 0 Å². The minimum absolute atomic E-state index is 0.789. The van der Waals surface area contributed by atoms with Gasteiger partial charge >= 0.3 is 0 Å². The van der Waals surface area contributed by atoms with Gasteiger partial charge in [-0.2, -0.15) is 0 Å². The molecule has 1 aliphatic carbocycles. The van der Waals surface area contributed by atoms with Gasteiger partial charge in [0, 0.05) is 0 Å². The van der Waals surface area contributed by atoms with Crippen molar-refractivity contribution in [1.82, 2.24) is 0 Å². The van der Waals surface area contributed by atoms with Crippen molar-refractivity contribution in [2.45, 2.75) is 63.7 Å². The maximum atomic E-state index is 3.95. The van der Waals surface area contributed by atoms with E-state index in [0.717, 1.165) is 12.3 Å². The highest BCUT2D eigenvalue weighted by Crippen LogP contribution is 2.37. The van der Waals surface area contributed by atoms with E-state index < -0.39 is 0 Å². The second kappa shape index (κ2) is 7.11. The highest BCUT2D eigenvalue weighted by atomic mass is 14.2. The molecule has 111 valence electrons. The first-order chi connectivity index (χ1) is 10.4. The van der Waals surface area contributed by atoms with Crippen LogP contribution in [0.5, 0.6) is 0 Å². The second-order valence-electron chi connectivity index (χ2n) is 6.51. The summed E-state index contributed by atoms with van der Waals surface area (Å²) in [6.45, 7) is 3.95. The second-order valence-corrected chi connectivity index (χ2v) is 6.51. The van der Waals surface area contributed by atoms with Gasteiger partial charge in [-0.15, -0.1) is 0 Å². The van der Waals surface area contributed by atoms with Crippen LogP contribution < -0.4 is 0 Å². The molecule has 1 saturated carbocycles. The fourth-order valence-electron chi connectivity index (χ4n) is 3.86. The van der Waals surface area contributed by atoms with Crippen LogP contribution in [0, 0.1) is 6.92 Å². The monoisotopic (exact) mass is 279 g/mol. The van der Waals surface area contributed by atoms with Crippen molar-refractivity contribution in [3.05, 3.63) is 54.4 Å². The van der Waals surface area contributed by atoms with Gasteiger partial charge in [0.25, 0.3) is 0 Å². The first kappa shape index (κ1) is 14.6. The van der Waals surface area contributed by atoms with E-state index in [9.17, 15) is 0 Å². The standard InChI is InChI=1S/C21H27/c1-2-3-5-10-18-15-16-20(17-11-6-4-7-12-17)21-14-9-8-13-19(18)21/h8-9,13-17H,1-7,10-12H2. The van der Waals surface area contributed by atoms with Gasteiger partial charge in [0.1, 0.15) is 0 Å². The van der Waals surface area contributed by atoms with Crippen molar-refractivity contribution >= 4 is 10.8 Å². The van der Waals surface area contributed by atoms with Gasteiger partial charge in [-0.25, -0.2) is 0 Å². The molecular weight excluding hydrogens is 252 g/mol. The summed E-state index contributed by atoms with van der Waals surface area (Å²) < 4.78 is 0. The normalized spacial score (nSPS) is 16.4. The summed E-state index contributed by atoms with van der Waals surface area (Å²) in [6, 6.07) is 13.9. The molecule has 0 unspecified atom stereocenters. The van der Waals surface area contributed by atoms with Crippen molar-refractivity contribution in [2.24, 2.45) is 0 Å². The molecule has 0 aliphatic heterocycles. The molecular formula is C21H27. The van der Waals surface area contributed by atoms with Gasteiger partial charge in [-0.1, -0.05) is 75.4 Å². The molecule has 1 aliphatic rings. The van der Waals surface area contributed by atoms with E-state index >= 15 is 0 Å². The predicted octanol–water partition coefficient (Wildman–Crippen LogP) is 6.43. The number of hydrogen-bond acceptors (Lipinski definition) is 0. The van der Waals surface area contributed by atoms with Gasteiger partial charge in [0.2, 0.25) is 0 Å². The van der Waals surface area contributed by atoms with Crippen molar-refractivity contribution < 1.29 is 0 Å². The lowest BCUT2D eigenvalue weighted by molar-refractivity contribution is 0.445. The Labute approximate surface area is 129 Å². The first-order valence-corrected chi connectivity index (χ1v) is 8.70. The lowest BCUT2D eigenvalue weighted by Gasteiger charge is -2.24. The Balaban J connectivity index is 1.93. The van der Waals surface area contributed by atoms with E-state index in [4.69, 9.17) is 0 Å². The molecule has 0 spiro atoms. The van der Waals surface area contributed by atoms with E-state index in [-0.39, 0.29) is 0 Å². The van der Waals surface area contributed by atoms with Crippen LogP contribution in [0.25, 0.3) is 10.8 Å². The maximum absolute atomic E-state index is 3.95. The van der Waals surface area contributed by atoms with Crippen LogP contribution in [0.1, 0.15) is 68.4 Å². The molecule has 21 heavy (non-hydrogen) atoms. The fourth-order valence-corrected chi connectivity index (χ4v) is 3.86. The average molecular weight is 279 g/mol. The molecule has 1 radical (unpaired) electrons. The Bertz CT molecular complexity index is 576. The molecule has 3 rings (SSSR count). The Morgan fingerprint density at radius 3 is 2.38 bits per heavy atom. The van der Waals surface area contributed by atoms with E-state index in [1.807, 2.05) is 0 Å². The number of rotatable bonds is 5. The summed E-state index contributed by atoms with van der Waals surface area (Å²) in [5.74, 6) is 0.789. The molecule has 0 bridgehead atoms. The zero-order valence-electron chi connectivity index (χ0n) is 13.1. The molecule has 0 saturated heterocycles. The van der Waals surface area contributed by atoms with Crippen LogP contribution in [-0.4, -0.2) is 0 Å². The number of benzene rings is 2. The highest BCUT2D eigenvalue weighted by molar-refractivity contribution is 5.89. The number of unbranched alkanes of at least 4 members (excludes halogenated alkanes) is 2. The third-order valence-electron chi connectivity index (χ3n) is 5.04. The summed E-state index contributed by atoms with van der Waals surface area (Å²) in [5, 5.41) is 3.00. The van der Waals surface area contributed by atoms with Gasteiger partial charge < -0.3 is 0 Å². The van der Waals surface area contributed by atoms with Crippen molar-refractivity contribution in [3.8, 4) is 0 Å². The van der Waals surface area contributed by atoms with E-state index in [1.165, 1.54) is 67.7 Å². The minimum atomic E-state index is 0.789. The molecule has 0 aromatic heterocycles. The van der Waals surface area contributed by atoms with Crippen LogP contribution in [0.3, 0.4) is 0 Å². The molecule has 0 heterocycles. The Hall–Kier alpha value is -1.30. The summed E-state index contributed by atoms with van der Waals surface area (Å²) >= 11 is 0. The zero-order chi connectivity index (χ0) is 14.5. The quantitative estimate of drug-likeness (QED) is 0.553. The van der Waals surface area contributed by atoms with Crippen molar-refractivity contribution in [3.63, 3.8) is 0 Å². The lowest BCUT2D eigenvalue weighted by Crippen LogP contribution is -2.05. The van der Waals surface area contributed by atoms with Gasteiger partial charge in [0.15, 0.2) is 0 Å². The van der Waals surface area contributed by atoms with E-state index in [1.54, 1.807) is 5.56 Å². The number of hydrogen-bond donors (Lipinski definition) is 0. The zero-order valence-corrected chi connectivity index (χ0v) is 13.1. The summed E-state index contributed by atoms with van der Waals surface area (Å²) in [6.07, 6.45) is 11.7. The third kappa shape index (κ3) is 3.31. The van der Waals surface area contributed by atoms with Gasteiger partial charge in [-0.05, 0) is 53.5 Å².